The van der Waals surface area contributed by atoms with Crippen LogP contribution in [0, 0.1) is 0 Å². The van der Waals surface area contributed by atoms with E-state index < -0.39 is 36.5 Å². The number of fused-ring (bicyclic) bond motifs is 4. The molecule has 0 amide bonds. The molecule has 0 bridgehead atoms. The highest BCUT2D eigenvalue weighted by molar-refractivity contribution is 6.16. The van der Waals surface area contributed by atoms with E-state index in [1.165, 1.54) is 0 Å². The fourth-order valence-electron chi connectivity index (χ4n) is 6.68. The lowest BCUT2D eigenvalue weighted by molar-refractivity contribution is -0.260. The summed E-state index contributed by atoms with van der Waals surface area (Å²) in [6.45, 7) is 3.45. The molecular formula is C32H34O11. The SMILES string of the molecule is COc1cc2c(OC3OC(CO)C4OC(C)(C)OC4C3OC)c3c(c(-c4ccc5c(c4)OCO5)c2cc1OC)C(=O)CC3. The predicted octanol–water partition coefficient (Wildman–Crippen LogP) is 4.01. The third-order valence-electron chi connectivity index (χ3n) is 8.52. The third-order valence-corrected chi connectivity index (χ3v) is 8.52. The lowest BCUT2D eigenvalue weighted by Crippen LogP contribution is -2.59. The molecule has 2 saturated heterocycles. The lowest BCUT2D eigenvalue weighted by atomic mass is 9.89. The van der Waals surface area contributed by atoms with Gasteiger partial charge in [-0.05, 0) is 55.5 Å². The Labute approximate surface area is 248 Å². The maximum atomic E-state index is 13.6. The maximum Gasteiger partial charge on any atom is 0.231 e. The Morgan fingerprint density at radius 1 is 0.907 bits per heavy atom. The number of Topliss-reactive ketones (excluding diaryl/α,β-unsaturated/α-hetero) is 1. The molecule has 0 aromatic heterocycles. The Bertz CT molecular complexity index is 1600. The maximum absolute atomic E-state index is 13.6. The van der Waals surface area contributed by atoms with Crippen molar-refractivity contribution < 1.29 is 52.5 Å². The summed E-state index contributed by atoms with van der Waals surface area (Å²) in [6.07, 6.45) is -2.70. The van der Waals surface area contributed by atoms with Gasteiger partial charge in [0.1, 0.15) is 30.2 Å². The number of hydrogen-bond donors (Lipinski definition) is 1. The molecule has 3 heterocycles. The Morgan fingerprint density at radius 2 is 1.63 bits per heavy atom. The normalized spacial score (nSPS) is 26.8. The molecule has 2 fully saturated rings. The second-order valence-corrected chi connectivity index (χ2v) is 11.4. The molecule has 3 aliphatic heterocycles. The molecule has 1 N–H and O–H groups in total. The number of aliphatic hydroxyl groups is 1. The summed E-state index contributed by atoms with van der Waals surface area (Å²) in [6, 6.07) is 9.35. The van der Waals surface area contributed by atoms with Crippen LogP contribution < -0.4 is 23.7 Å². The molecule has 11 nitrogen and oxygen atoms in total. The van der Waals surface area contributed by atoms with Gasteiger partial charge >= 0.3 is 0 Å². The molecule has 7 rings (SSSR count). The number of ether oxygens (including phenoxy) is 9. The molecule has 0 radical (unpaired) electrons. The van der Waals surface area contributed by atoms with Crippen molar-refractivity contribution in [2.75, 3.05) is 34.7 Å². The highest BCUT2D eigenvalue weighted by atomic mass is 16.8. The number of benzene rings is 3. The summed E-state index contributed by atoms with van der Waals surface area (Å²) >= 11 is 0. The third kappa shape index (κ3) is 4.49. The first-order valence-corrected chi connectivity index (χ1v) is 14.3. The van der Waals surface area contributed by atoms with Crippen LogP contribution in [0.4, 0.5) is 0 Å². The highest BCUT2D eigenvalue weighted by Gasteiger charge is 2.56. The molecule has 3 aromatic rings. The van der Waals surface area contributed by atoms with Crippen LogP contribution in [0.15, 0.2) is 30.3 Å². The van der Waals surface area contributed by atoms with Crippen molar-refractivity contribution in [1.82, 2.24) is 0 Å². The summed E-state index contributed by atoms with van der Waals surface area (Å²) in [5, 5.41) is 11.6. The number of carbonyl (C=O) groups excluding carboxylic acids is 1. The Hall–Kier alpha value is -3.61. The zero-order valence-electron chi connectivity index (χ0n) is 24.6. The number of hydrogen-bond acceptors (Lipinski definition) is 11. The summed E-state index contributed by atoms with van der Waals surface area (Å²) in [4.78, 5) is 13.6. The molecule has 43 heavy (non-hydrogen) atoms. The van der Waals surface area contributed by atoms with Gasteiger partial charge in [0.25, 0.3) is 0 Å². The monoisotopic (exact) mass is 594 g/mol. The number of aliphatic hydroxyl groups excluding tert-OH is 1. The van der Waals surface area contributed by atoms with Gasteiger partial charge in [-0.1, -0.05) is 6.07 Å². The summed E-state index contributed by atoms with van der Waals surface area (Å²) < 4.78 is 53.7. The van der Waals surface area contributed by atoms with Crippen LogP contribution in [0.5, 0.6) is 28.7 Å². The first kappa shape index (κ1) is 28.2. The van der Waals surface area contributed by atoms with Crippen LogP contribution in [0.25, 0.3) is 21.9 Å². The van der Waals surface area contributed by atoms with Crippen molar-refractivity contribution in [3.05, 3.63) is 41.5 Å². The van der Waals surface area contributed by atoms with Crippen molar-refractivity contribution in [2.45, 2.75) is 63.2 Å². The topological polar surface area (TPSA) is 120 Å². The van der Waals surface area contributed by atoms with Crippen molar-refractivity contribution >= 4 is 16.6 Å². The average Bonchev–Trinajstić information content (AvgIpc) is 3.71. The van der Waals surface area contributed by atoms with Gasteiger partial charge in [0, 0.05) is 35.6 Å². The van der Waals surface area contributed by atoms with E-state index >= 15 is 0 Å². The zero-order valence-corrected chi connectivity index (χ0v) is 24.6. The highest BCUT2D eigenvalue weighted by Crippen LogP contribution is 2.50. The largest absolute Gasteiger partial charge is 0.493 e. The molecule has 11 heteroatoms. The van der Waals surface area contributed by atoms with Gasteiger partial charge in [-0.25, -0.2) is 0 Å². The molecule has 4 aliphatic rings. The quantitative estimate of drug-likeness (QED) is 0.427. The van der Waals surface area contributed by atoms with Crippen molar-refractivity contribution in [1.29, 1.82) is 0 Å². The lowest BCUT2D eigenvalue weighted by Gasteiger charge is -2.41. The Balaban J connectivity index is 1.42. The number of ketones is 1. The van der Waals surface area contributed by atoms with Gasteiger partial charge in [-0.2, -0.15) is 0 Å². The molecule has 1 aliphatic carbocycles. The van der Waals surface area contributed by atoms with Crippen LogP contribution in [-0.4, -0.2) is 82.1 Å². The first-order chi connectivity index (χ1) is 20.8. The van der Waals surface area contributed by atoms with E-state index in [2.05, 4.69) is 0 Å². The van der Waals surface area contributed by atoms with E-state index in [0.717, 1.165) is 22.1 Å². The minimum Gasteiger partial charge on any atom is -0.493 e. The standard InChI is InChI=1S/C32H34O11/c1-32(2)42-28-24(13-33)40-31(30(37-5)29(28)43-32)41-27-16-7-8-19(34)26(16)25(15-6-9-20-23(10-15)39-14-38-20)17-11-21(35-3)22(36-4)12-18(17)27/h6,9-12,24,28-31,33H,7-8,13-14H2,1-5H3. The van der Waals surface area contributed by atoms with Crippen LogP contribution >= 0.6 is 0 Å². The van der Waals surface area contributed by atoms with Gasteiger partial charge in [0.15, 0.2) is 34.6 Å². The minimum atomic E-state index is -0.978. The minimum absolute atomic E-state index is 0.000342. The average molecular weight is 595 g/mol. The zero-order chi connectivity index (χ0) is 30.0. The Morgan fingerprint density at radius 3 is 2.35 bits per heavy atom. The van der Waals surface area contributed by atoms with E-state index in [9.17, 15) is 9.90 Å². The van der Waals surface area contributed by atoms with Crippen LogP contribution in [0.2, 0.25) is 0 Å². The van der Waals surface area contributed by atoms with E-state index in [4.69, 9.17) is 42.6 Å². The van der Waals surface area contributed by atoms with Crippen molar-refractivity contribution in [2.24, 2.45) is 0 Å². The number of carbonyl (C=O) groups is 1. The van der Waals surface area contributed by atoms with Gasteiger partial charge in [-0.15, -0.1) is 0 Å². The van der Waals surface area contributed by atoms with E-state index in [1.54, 1.807) is 21.3 Å². The molecule has 5 atom stereocenters. The molecule has 5 unspecified atom stereocenters. The van der Waals surface area contributed by atoms with Gasteiger partial charge in [-0.3, -0.25) is 4.79 Å². The van der Waals surface area contributed by atoms with Crippen LogP contribution in [0.1, 0.15) is 36.2 Å². The van der Waals surface area contributed by atoms with Crippen LogP contribution in [-0.2, 0) is 25.4 Å². The second-order valence-electron chi connectivity index (χ2n) is 11.4. The van der Waals surface area contributed by atoms with Crippen LogP contribution in [0.3, 0.4) is 0 Å². The molecule has 0 saturated carbocycles. The number of rotatable bonds is 7. The van der Waals surface area contributed by atoms with Gasteiger partial charge in [0.05, 0.1) is 20.8 Å². The van der Waals surface area contributed by atoms with Crippen molar-refractivity contribution in [3.63, 3.8) is 0 Å². The molecule has 0 spiro atoms. The smallest absolute Gasteiger partial charge is 0.231 e. The Kier molecular flexibility index (Phi) is 6.90. The summed E-state index contributed by atoms with van der Waals surface area (Å²) in [5.74, 6) is 1.83. The predicted molar refractivity (Wildman–Crippen MR) is 152 cm³/mol. The van der Waals surface area contributed by atoms with E-state index in [1.807, 2.05) is 44.2 Å². The van der Waals surface area contributed by atoms with Gasteiger partial charge < -0.3 is 47.7 Å². The molecule has 228 valence electrons. The number of methoxy groups -OCH3 is 3. The first-order valence-electron chi connectivity index (χ1n) is 14.3. The van der Waals surface area contributed by atoms with E-state index in [0.29, 0.717) is 52.5 Å². The van der Waals surface area contributed by atoms with Crippen molar-refractivity contribution in [3.8, 4) is 39.9 Å². The second kappa shape index (κ2) is 10.5. The molecule has 3 aromatic carbocycles. The van der Waals surface area contributed by atoms with E-state index in [-0.39, 0.29) is 19.2 Å². The fraction of sp³-hybridized carbons (Fsp3) is 0.469. The summed E-state index contributed by atoms with van der Waals surface area (Å²) in [5.41, 5.74) is 2.86. The molecular weight excluding hydrogens is 560 g/mol. The fourth-order valence-corrected chi connectivity index (χ4v) is 6.68. The van der Waals surface area contributed by atoms with Gasteiger partial charge in [0.2, 0.25) is 13.1 Å². The summed E-state index contributed by atoms with van der Waals surface area (Å²) in [7, 11) is 4.68.